The Balaban J connectivity index is 2.84. The van der Waals surface area contributed by atoms with E-state index in [1.54, 1.807) is 13.8 Å². The van der Waals surface area contributed by atoms with Crippen LogP contribution in [0, 0.1) is 11.8 Å². The Bertz CT molecular complexity index is 589. The van der Waals surface area contributed by atoms with E-state index in [-0.39, 0.29) is 23.8 Å². The van der Waals surface area contributed by atoms with Gasteiger partial charge in [-0.25, -0.2) is 4.79 Å². The van der Waals surface area contributed by atoms with Gasteiger partial charge < -0.3 is 31.5 Å². The van der Waals surface area contributed by atoms with Gasteiger partial charge in [0.15, 0.2) is 0 Å². The van der Waals surface area contributed by atoms with Gasteiger partial charge in [0.2, 0.25) is 17.7 Å². The third-order valence-electron chi connectivity index (χ3n) is 4.76. The maximum atomic E-state index is 12.8. The summed E-state index contributed by atoms with van der Waals surface area (Å²) in [7, 11) is 0. The second-order valence-corrected chi connectivity index (χ2v) is 8.15. The number of hydrogen-bond acceptors (Lipinski definition) is 6. The number of aliphatic hydroxyl groups excluding tert-OH is 1. The number of nitrogens with one attached hydrogen (secondary N) is 4. The highest BCUT2D eigenvalue weighted by Gasteiger charge is 2.32. The van der Waals surface area contributed by atoms with Crippen molar-refractivity contribution < 1.29 is 29.4 Å². The Kier molecular flexibility index (Phi) is 10.0. The van der Waals surface area contributed by atoms with Gasteiger partial charge in [0.05, 0.1) is 12.6 Å². The van der Waals surface area contributed by atoms with Crippen LogP contribution in [0.5, 0.6) is 0 Å². The van der Waals surface area contributed by atoms with Crippen LogP contribution in [0.4, 0.5) is 0 Å². The third kappa shape index (κ3) is 7.98. The summed E-state index contributed by atoms with van der Waals surface area (Å²) in [6, 6.07) is -3.61. The lowest BCUT2D eigenvalue weighted by Gasteiger charge is -2.27. The molecular formula is C19H34N4O6. The highest BCUT2D eigenvalue weighted by Crippen LogP contribution is 2.10. The van der Waals surface area contributed by atoms with E-state index < -0.39 is 42.5 Å². The molecule has 1 rings (SSSR count). The molecule has 166 valence electrons. The van der Waals surface area contributed by atoms with E-state index >= 15 is 0 Å². The first-order valence-corrected chi connectivity index (χ1v) is 10.0. The second kappa shape index (κ2) is 11.7. The Hall–Kier alpha value is -2.20. The van der Waals surface area contributed by atoms with Crippen LogP contribution in [-0.2, 0) is 19.2 Å². The predicted molar refractivity (Wildman–Crippen MR) is 106 cm³/mol. The van der Waals surface area contributed by atoms with E-state index in [0.717, 1.165) is 13.0 Å². The summed E-state index contributed by atoms with van der Waals surface area (Å²) in [4.78, 5) is 48.8. The van der Waals surface area contributed by atoms with Gasteiger partial charge in [-0.05, 0) is 37.6 Å². The number of carboxylic acid groups (broad SMARTS) is 1. The lowest BCUT2D eigenvalue weighted by atomic mass is 9.99. The molecular weight excluding hydrogens is 380 g/mol. The van der Waals surface area contributed by atoms with Crippen LogP contribution in [0.2, 0.25) is 0 Å². The van der Waals surface area contributed by atoms with Crippen LogP contribution in [0.3, 0.4) is 0 Å². The molecule has 0 spiro atoms. The van der Waals surface area contributed by atoms with Gasteiger partial charge >= 0.3 is 5.97 Å². The summed E-state index contributed by atoms with van der Waals surface area (Å²) >= 11 is 0. The molecule has 6 N–H and O–H groups in total. The molecule has 0 aromatic carbocycles. The maximum absolute atomic E-state index is 12.8. The molecule has 0 bridgehead atoms. The van der Waals surface area contributed by atoms with Gasteiger partial charge in [-0.15, -0.1) is 0 Å². The molecule has 0 radical (unpaired) electrons. The molecule has 1 heterocycles. The van der Waals surface area contributed by atoms with Crippen LogP contribution in [0.15, 0.2) is 0 Å². The largest absolute Gasteiger partial charge is 0.480 e. The molecule has 1 aliphatic rings. The Labute approximate surface area is 171 Å². The highest BCUT2D eigenvalue weighted by atomic mass is 16.4. The van der Waals surface area contributed by atoms with Crippen molar-refractivity contribution >= 4 is 23.7 Å². The van der Waals surface area contributed by atoms with Crippen molar-refractivity contribution in [2.45, 2.75) is 71.1 Å². The highest BCUT2D eigenvalue weighted by molar-refractivity contribution is 5.94. The Morgan fingerprint density at radius 1 is 1.00 bits per heavy atom. The van der Waals surface area contributed by atoms with Crippen molar-refractivity contribution in [1.29, 1.82) is 0 Å². The van der Waals surface area contributed by atoms with E-state index in [0.29, 0.717) is 12.8 Å². The fourth-order valence-corrected chi connectivity index (χ4v) is 3.12. The molecule has 0 aliphatic carbocycles. The Morgan fingerprint density at radius 3 is 2.10 bits per heavy atom. The van der Waals surface area contributed by atoms with Gasteiger partial charge in [0.25, 0.3) is 0 Å². The molecule has 3 amide bonds. The van der Waals surface area contributed by atoms with Crippen molar-refractivity contribution in [3.05, 3.63) is 0 Å². The summed E-state index contributed by atoms with van der Waals surface area (Å²) in [6.07, 6.45) is 1.99. The first-order chi connectivity index (χ1) is 13.6. The van der Waals surface area contributed by atoms with Crippen LogP contribution >= 0.6 is 0 Å². The first-order valence-electron chi connectivity index (χ1n) is 10.0. The smallest absolute Gasteiger partial charge is 0.328 e. The minimum atomic E-state index is -1.46. The number of carbonyl (C=O) groups excluding carboxylic acids is 3. The molecule has 29 heavy (non-hydrogen) atoms. The van der Waals surface area contributed by atoms with Crippen molar-refractivity contribution in [3.8, 4) is 0 Å². The van der Waals surface area contributed by atoms with Gasteiger partial charge in [-0.1, -0.05) is 27.7 Å². The minimum absolute atomic E-state index is 0.125. The average Bonchev–Trinajstić information content (AvgIpc) is 3.17. The molecule has 0 saturated carbocycles. The van der Waals surface area contributed by atoms with E-state index in [1.165, 1.54) is 0 Å². The molecule has 0 aromatic rings. The van der Waals surface area contributed by atoms with Crippen LogP contribution in [0.25, 0.3) is 0 Å². The molecule has 4 atom stereocenters. The van der Waals surface area contributed by atoms with Crippen molar-refractivity contribution in [2.75, 3.05) is 13.2 Å². The SMILES string of the molecule is CC(C)CC(NC(=O)C1CCCN1)C(=O)NC(C(=O)NC(CO)C(=O)O)C(C)C. The lowest BCUT2D eigenvalue weighted by Crippen LogP contribution is -2.59. The monoisotopic (exact) mass is 414 g/mol. The van der Waals surface area contributed by atoms with Crippen LogP contribution in [-0.4, -0.2) is 71.2 Å². The number of aliphatic hydroxyl groups is 1. The number of carboxylic acids is 1. The Morgan fingerprint density at radius 2 is 1.66 bits per heavy atom. The van der Waals surface area contributed by atoms with Crippen molar-refractivity contribution in [1.82, 2.24) is 21.3 Å². The zero-order chi connectivity index (χ0) is 22.1. The maximum Gasteiger partial charge on any atom is 0.328 e. The van der Waals surface area contributed by atoms with E-state index in [4.69, 9.17) is 10.2 Å². The standard InChI is InChI=1S/C19H34N4O6/c1-10(2)8-13(21-16(25)12-6-5-7-20-12)17(26)23-15(11(3)4)18(27)22-14(9-24)19(28)29/h10-15,20,24H,5-9H2,1-4H3,(H,21,25)(H,22,27)(H,23,26)(H,28,29). The molecule has 1 fully saturated rings. The molecule has 0 aromatic heterocycles. The summed E-state index contributed by atoms with van der Waals surface area (Å²) in [6.45, 7) is 7.25. The van der Waals surface area contributed by atoms with Crippen LogP contribution < -0.4 is 21.3 Å². The van der Waals surface area contributed by atoms with Gasteiger partial charge in [0, 0.05) is 0 Å². The predicted octanol–water partition coefficient (Wildman–Crippen LogP) is -1.03. The number of aliphatic carboxylic acids is 1. The second-order valence-electron chi connectivity index (χ2n) is 8.15. The molecule has 10 nitrogen and oxygen atoms in total. The van der Waals surface area contributed by atoms with Gasteiger partial charge in [0.1, 0.15) is 18.1 Å². The minimum Gasteiger partial charge on any atom is -0.480 e. The fourth-order valence-electron chi connectivity index (χ4n) is 3.12. The number of carbonyl (C=O) groups is 4. The van der Waals surface area contributed by atoms with E-state index in [2.05, 4.69) is 21.3 Å². The molecule has 1 saturated heterocycles. The fraction of sp³-hybridized carbons (Fsp3) is 0.789. The molecule has 4 unspecified atom stereocenters. The summed E-state index contributed by atoms with van der Waals surface area (Å²) < 4.78 is 0. The average molecular weight is 415 g/mol. The van der Waals surface area contributed by atoms with Gasteiger partial charge in [-0.2, -0.15) is 0 Å². The summed E-state index contributed by atoms with van der Waals surface area (Å²) in [5.74, 6) is -3.04. The van der Waals surface area contributed by atoms with Crippen molar-refractivity contribution in [2.24, 2.45) is 11.8 Å². The van der Waals surface area contributed by atoms with Crippen molar-refractivity contribution in [3.63, 3.8) is 0 Å². The number of hydrogen-bond donors (Lipinski definition) is 6. The van der Waals surface area contributed by atoms with Gasteiger partial charge in [-0.3, -0.25) is 14.4 Å². The first kappa shape index (κ1) is 24.8. The van der Waals surface area contributed by atoms with E-state index in [9.17, 15) is 19.2 Å². The number of rotatable bonds is 11. The van der Waals surface area contributed by atoms with E-state index in [1.807, 2.05) is 13.8 Å². The zero-order valence-corrected chi connectivity index (χ0v) is 17.5. The zero-order valence-electron chi connectivity index (χ0n) is 17.5. The third-order valence-corrected chi connectivity index (χ3v) is 4.76. The molecule has 1 aliphatic heterocycles. The molecule has 10 heteroatoms. The number of amides is 3. The topological polar surface area (TPSA) is 157 Å². The lowest BCUT2D eigenvalue weighted by molar-refractivity contribution is -0.143. The summed E-state index contributed by atoms with van der Waals surface area (Å²) in [5.41, 5.74) is 0. The van der Waals surface area contributed by atoms with Crippen LogP contribution in [0.1, 0.15) is 47.0 Å². The quantitative estimate of drug-likeness (QED) is 0.252. The normalized spacial score (nSPS) is 19.5. The summed E-state index contributed by atoms with van der Waals surface area (Å²) in [5, 5.41) is 28.8.